The second-order valence-electron chi connectivity index (χ2n) is 5.10. The lowest BCUT2D eigenvalue weighted by Crippen LogP contribution is -2.26. The minimum Gasteiger partial charge on any atom is -0.337 e. The van der Waals surface area contributed by atoms with E-state index >= 15 is 0 Å². The second kappa shape index (κ2) is 6.58. The summed E-state index contributed by atoms with van der Waals surface area (Å²) in [5.41, 5.74) is 2.28. The highest BCUT2D eigenvalue weighted by Crippen LogP contribution is 2.15. The molecule has 7 heteroatoms. The number of aromatic nitrogens is 4. The van der Waals surface area contributed by atoms with E-state index in [0.29, 0.717) is 17.1 Å². The molecule has 0 atom stereocenters. The Morgan fingerprint density at radius 1 is 1.22 bits per heavy atom. The van der Waals surface area contributed by atoms with Gasteiger partial charge in [-0.25, -0.2) is 4.68 Å². The summed E-state index contributed by atoms with van der Waals surface area (Å²) in [4.78, 5) is 14.2. The van der Waals surface area contributed by atoms with Crippen LogP contribution in [0.25, 0.3) is 5.69 Å². The van der Waals surface area contributed by atoms with Gasteiger partial charge in [0.15, 0.2) is 0 Å². The van der Waals surface area contributed by atoms with Crippen LogP contribution in [0.1, 0.15) is 15.9 Å². The number of hydrogen-bond donors (Lipinski definition) is 0. The summed E-state index contributed by atoms with van der Waals surface area (Å²) in [6.45, 7) is 0.481. The van der Waals surface area contributed by atoms with Crippen molar-refractivity contribution in [1.29, 1.82) is 0 Å². The van der Waals surface area contributed by atoms with Crippen LogP contribution in [0.3, 0.4) is 0 Å². The van der Waals surface area contributed by atoms with Crippen LogP contribution in [0.5, 0.6) is 0 Å². The van der Waals surface area contributed by atoms with E-state index in [4.69, 9.17) is 11.6 Å². The van der Waals surface area contributed by atoms with Crippen LogP contribution in [0, 0.1) is 0 Å². The van der Waals surface area contributed by atoms with Crippen LogP contribution in [0.4, 0.5) is 0 Å². The predicted molar refractivity (Wildman–Crippen MR) is 86.4 cm³/mol. The molecule has 116 valence electrons. The van der Waals surface area contributed by atoms with E-state index in [9.17, 15) is 4.79 Å². The third-order valence-electron chi connectivity index (χ3n) is 3.36. The van der Waals surface area contributed by atoms with Crippen LogP contribution in [-0.4, -0.2) is 38.1 Å². The van der Waals surface area contributed by atoms with Crippen molar-refractivity contribution in [3.05, 3.63) is 71.0 Å². The largest absolute Gasteiger partial charge is 0.337 e. The third-order valence-corrected chi connectivity index (χ3v) is 3.60. The zero-order valence-corrected chi connectivity index (χ0v) is 13.2. The Bertz CT molecular complexity index is 819. The van der Waals surface area contributed by atoms with E-state index in [-0.39, 0.29) is 5.91 Å². The number of tetrazole rings is 1. The molecule has 0 N–H and O–H groups in total. The maximum absolute atomic E-state index is 12.6. The van der Waals surface area contributed by atoms with Crippen molar-refractivity contribution in [3.63, 3.8) is 0 Å². The van der Waals surface area contributed by atoms with Crippen molar-refractivity contribution in [2.24, 2.45) is 0 Å². The molecule has 0 unspecified atom stereocenters. The fourth-order valence-corrected chi connectivity index (χ4v) is 2.48. The smallest absolute Gasteiger partial charge is 0.253 e. The zero-order chi connectivity index (χ0) is 16.2. The van der Waals surface area contributed by atoms with Crippen molar-refractivity contribution in [3.8, 4) is 5.69 Å². The number of carbonyl (C=O) groups excluding carboxylic acids is 1. The maximum Gasteiger partial charge on any atom is 0.253 e. The Balaban J connectivity index is 1.78. The van der Waals surface area contributed by atoms with Gasteiger partial charge in [-0.05, 0) is 46.3 Å². The van der Waals surface area contributed by atoms with E-state index in [1.54, 1.807) is 30.1 Å². The van der Waals surface area contributed by atoms with Gasteiger partial charge in [0.25, 0.3) is 5.91 Å². The monoisotopic (exact) mass is 327 g/mol. The Morgan fingerprint density at radius 3 is 2.78 bits per heavy atom. The number of nitrogens with zero attached hydrogens (tertiary/aromatic N) is 5. The topological polar surface area (TPSA) is 63.9 Å². The van der Waals surface area contributed by atoms with Gasteiger partial charge in [-0.15, -0.1) is 5.10 Å². The van der Waals surface area contributed by atoms with E-state index in [2.05, 4.69) is 15.5 Å². The average molecular weight is 328 g/mol. The predicted octanol–water partition coefficient (Wildman–Crippen LogP) is 2.59. The van der Waals surface area contributed by atoms with E-state index in [0.717, 1.165) is 11.3 Å². The highest BCUT2D eigenvalue weighted by atomic mass is 35.5. The van der Waals surface area contributed by atoms with Crippen LogP contribution >= 0.6 is 11.6 Å². The fraction of sp³-hybridized carbons (Fsp3) is 0.125. The Kier molecular flexibility index (Phi) is 4.34. The lowest BCUT2D eigenvalue weighted by molar-refractivity contribution is 0.0785. The second-order valence-corrected chi connectivity index (χ2v) is 5.53. The lowest BCUT2D eigenvalue weighted by Gasteiger charge is -2.18. The highest BCUT2D eigenvalue weighted by molar-refractivity contribution is 6.30. The van der Waals surface area contributed by atoms with Gasteiger partial charge in [-0.3, -0.25) is 4.79 Å². The molecule has 0 fully saturated rings. The summed E-state index contributed by atoms with van der Waals surface area (Å²) in [5.74, 6) is -0.0834. The van der Waals surface area contributed by atoms with Crippen LogP contribution < -0.4 is 0 Å². The first-order valence-corrected chi connectivity index (χ1v) is 7.34. The number of hydrogen-bond acceptors (Lipinski definition) is 4. The van der Waals surface area contributed by atoms with Gasteiger partial charge in [0.1, 0.15) is 6.33 Å². The quantitative estimate of drug-likeness (QED) is 0.739. The zero-order valence-electron chi connectivity index (χ0n) is 12.4. The van der Waals surface area contributed by atoms with E-state index in [1.807, 2.05) is 30.3 Å². The summed E-state index contributed by atoms with van der Waals surface area (Å²) in [7, 11) is 1.76. The van der Waals surface area contributed by atoms with Gasteiger partial charge < -0.3 is 4.90 Å². The molecular formula is C16H14ClN5O. The number of rotatable bonds is 4. The third kappa shape index (κ3) is 3.54. The van der Waals surface area contributed by atoms with E-state index in [1.165, 1.54) is 11.0 Å². The molecule has 6 nitrogen and oxygen atoms in total. The molecule has 23 heavy (non-hydrogen) atoms. The first kappa shape index (κ1) is 15.2. The van der Waals surface area contributed by atoms with Gasteiger partial charge in [0, 0.05) is 24.2 Å². The summed E-state index contributed by atoms with van der Waals surface area (Å²) in [6.07, 6.45) is 1.49. The van der Waals surface area contributed by atoms with Gasteiger partial charge in [0.2, 0.25) is 0 Å². The van der Waals surface area contributed by atoms with Crippen molar-refractivity contribution in [2.75, 3.05) is 7.05 Å². The fourth-order valence-electron chi connectivity index (χ4n) is 2.26. The normalized spacial score (nSPS) is 10.5. The first-order valence-electron chi connectivity index (χ1n) is 6.97. The van der Waals surface area contributed by atoms with Gasteiger partial charge in [-0.2, -0.15) is 0 Å². The molecule has 0 bridgehead atoms. The van der Waals surface area contributed by atoms with Crippen LogP contribution in [0.15, 0.2) is 54.9 Å². The van der Waals surface area contributed by atoms with E-state index < -0.39 is 0 Å². The number of benzene rings is 2. The minimum absolute atomic E-state index is 0.0834. The molecule has 0 saturated heterocycles. The molecule has 3 rings (SSSR count). The van der Waals surface area contributed by atoms with Crippen molar-refractivity contribution >= 4 is 17.5 Å². The highest BCUT2D eigenvalue weighted by Gasteiger charge is 2.13. The molecule has 0 saturated carbocycles. The van der Waals surface area contributed by atoms with Crippen molar-refractivity contribution < 1.29 is 4.79 Å². The molecule has 2 aromatic carbocycles. The summed E-state index contributed by atoms with van der Waals surface area (Å²) in [6, 6.07) is 14.6. The maximum atomic E-state index is 12.6. The molecule has 0 aliphatic rings. The minimum atomic E-state index is -0.0834. The van der Waals surface area contributed by atoms with Gasteiger partial charge in [-0.1, -0.05) is 29.8 Å². The van der Waals surface area contributed by atoms with Crippen LogP contribution in [0.2, 0.25) is 5.02 Å². The molecule has 0 radical (unpaired) electrons. The molecular weight excluding hydrogens is 314 g/mol. The SMILES string of the molecule is CN(Cc1cccc(Cl)c1)C(=O)c1cccc(-n2cnnn2)c1. The molecule has 1 amide bonds. The Labute approximate surface area is 138 Å². The number of carbonyl (C=O) groups is 1. The molecule has 0 spiro atoms. The first-order chi connectivity index (χ1) is 11.1. The molecule has 0 aliphatic carbocycles. The average Bonchev–Trinajstić information content (AvgIpc) is 3.09. The molecule has 0 aliphatic heterocycles. The number of halogens is 1. The molecule has 1 aromatic heterocycles. The summed E-state index contributed by atoms with van der Waals surface area (Å²) < 4.78 is 1.51. The summed E-state index contributed by atoms with van der Waals surface area (Å²) >= 11 is 5.98. The Morgan fingerprint density at radius 2 is 2.04 bits per heavy atom. The lowest BCUT2D eigenvalue weighted by atomic mass is 10.1. The van der Waals surface area contributed by atoms with Gasteiger partial charge >= 0.3 is 0 Å². The van der Waals surface area contributed by atoms with Crippen molar-refractivity contribution in [2.45, 2.75) is 6.54 Å². The van der Waals surface area contributed by atoms with Crippen molar-refractivity contribution in [1.82, 2.24) is 25.1 Å². The summed E-state index contributed by atoms with van der Waals surface area (Å²) in [5, 5.41) is 11.7. The molecule has 1 heterocycles. The molecule has 3 aromatic rings. The van der Waals surface area contributed by atoms with Crippen LogP contribution in [-0.2, 0) is 6.54 Å². The van der Waals surface area contributed by atoms with Gasteiger partial charge in [0.05, 0.1) is 5.69 Å². The number of amides is 1. The Hall–Kier alpha value is -2.73. The standard InChI is InChI=1S/C16H14ClN5O/c1-21(10-12-4-2-6-14(17)8-12)16(23)13-5-3-7-15(9-13)22-11-18-19-20-22/h2-9,11H,10H2,1H3.